The molecule has 0 radical (unpaired) electrons. The first-order chi connectivity index (χ1) is 19.8. The number of aromatic nitrogens is 4. The highest BCUT2D eigenvalue weighted by Gasteiger charge is 2.37. The van der Waals surface area contributed by atoms with Gasteiger partial charge in [0.05, 0.1) is 45.8 Å². The highest BCUT2D eigenvalue weighted by atomic mass is 35.5. The van der Waals surface area contributed by atoms with Crippen molar-refractivity contribution in [1.29, 1.82) is 0 Å². The van der Waals surface area contributed by atoms with E-state index in [-0.39, 0.29) is 50.5 Å². The van der Waals surface area contributed by atoms with E-state index < -0.39 is 35.8 Å². The monoisotopic (exact) mass is 601 g/mol. The van der Waals surface area contributed by atoms with Gasteiger partial charge in [-0.15, -0.1) is 5.10 Å². The smallest absolute Gasteiger partial charge is 0.397 e. The summed E-state index contributed by atoms with van der Waals surface area (Å²) in [5.74, 6) is -0.531. The molecule has 2 aromatic heterocycles. The van der Waals surface area contributed by atoms with Crippen LogP contribution < -0.4 is 5.73 Å². The first-order valence-electron chi connectivity index (χ1n) is 12.2. The van der Waals surface area contributed by atoms with Crippen LogP contribution in [0.25, 0.3) is 22.6 Å². The molecular formula is C29H18ClF6N5O. The van der Waals surface area contributed by atoms with Crippen molar-refractivity contribution >= 4 is 23.1 Å². The van der Waals surface area contributed by atoms with Crippen LogP contribution in [0.5, 0.6) is 0 Å². The van der Waals surface area contributed by atoms with Gasteiger partial charge in [0.15, 0.2) is 5.78 Å². The van der Waals surface area contributed by atoms with Gasteiger partial charge in [0.1, 0.15) is 11.4 Å². The van der Waals surface area contributed by atoms with Crippen LogP contribution in [-0.2, 0) is 18.9 Å². The molecule has 3 aromatic carbocycles. The number of nitrogen functional groups attached to an aromatic ring is 1. The lowest BCUT2D eigenvalue weighted by Crippen LogP contribution is -2.13. The summed E-state index contributed by atoms with van der Waals surface area (Å²) in [5.41, 5.74) is 3.81. The summed E-state index contributed by atoms with van der Waals surface area (Å²) in [6, 6.07) is 17.4. The lowest BCUT2D eigenvalue weighted by Gasteiger charge is -2.15. The molecule has 13 heteroatoms. The molecule has 5 rings (SSSR count). The van der Waals surface area contributed by atoms with Gasteiger partial charge >= 0.3 is 12.4 Å². The summed E-state index contributed by atoms with van der Waals surface area (Å²) >= 11 is 6.25. The first-order valence-corrected chi connectivity index (χ1v) is 12.5. The SMILES string of the molecule is Nc1cnc(-c2nnn(Cc3cc(C(F)(F)F)cc(C(F)(F)F)c3)c2-c2ccccc2)c(C(=O)c2ccccc2Cl)c1. The van der Waals surface area contributed by atoms with E-state index in [0.29, 0.717) is 17.7 Å². The van der Waals surface area contributed by atoms with Gasteiger partial charge in [-0.25, -0.2) is 4.68 Å². The third-order valence-corrected chi connectivity index (χ3v) is 6.59. The summed E-state index contributed by atoms with van der Waals surface area (Å²) < 4.78 is 82.2. The number of halogens is 7. The van der Waals surface area contributed by atoms with Crippen LogP contribution >= 0.6 is 11.6 Å². The average molecular weight is 602 g/mol. The Morgan fingerprint density at radius 1 is 0.810 bits per heavy atom. The lowest BCUT2D eigenvalue weighted by molar-refractivity contribution is -0.143. The molecule has 0 saturated heterocycles. The van der Waals surface area contributed by atoms with Gasteiger partial charge in [0.2, 0.25) is 0 Å². The Bertz CT molecular complexity index is 1750. The predicted octanol–water partition coefficient (Wildman–Crippen LogP) is 7.56. The van der Waals surface area contributed by atoms with Crippen molar-refractivity contribution in [3.8, 4) is 22.6 Å². The Morgan fingerprint density at radius 3 is 2.05 bits per heavy atom. The van der Waals surface area contributed by atoms with Crippen molar-refractivity contribution in [2.75, 3.05) is 5.73 Å². The Morgan fingerprint density at radius 2 is 1.43 bits per heavy atom. The van der Waals surface area contributed by atoms with E-state index in [1.54, 1.807) is 42.5 Å². The molecule has 0 amide bonds. The molecule has 214 valence electrons. The number of carbonyl (C=O) groups is 1. The maximum Gasteiger partial charge on any atom is 0.416 e. The summed E-state index contributed by atoms with van der Waals surface area (Å²) in [6.45, 7) is -0.507. The second-order valence-corrected chi connectivity index (χ2v) is 9.61. The third kappa shape index (κ3) is 5.84. The molecule has 2 heterocycles. The second kappa shape index (κ2) is 10.9. The maximum absolute atomic E-state index is 13.6. The third-order valence-electron chi connectivity index (χ3n) is 6.26. The zero-order chi connectivity index (χ0) is 30.2. The van der Waals surface area contributed by atoms with Gasteiger partial charge in [0, 0.05) is 11.1 Å². The highest BCUT2D eigenvalue weighted by Crippen LogP contribution is 2.38. The van der Waals surface area contributed by atoms with Crippen molar-refractivity contribution in [1.82, 2.24) is 20.0 Å². The number of pyridine rings is 1. The molecule has 2 N–H and O–H groups in total. The molecule has 5 aromatic rings. The number of carbonyl (C=O) groups excluding carboxylic acids is 1. The van der Waals surface area contributed by atoms with Crippen LogP contribution in [0.1, 0.15) is 32.6 Å². The predicted molar refractivity (Wildman–Crippen MR) is 144 cm³/mol. The van der Waals surface area contributed by atoms with Gasteiger partial charge in [0.25, 0.3) is 0 Å². The number of ketones is 1. The number of benzene rings is 3. The van der Waals surface area contributed by atoms with Gasteiger partial charge in [-0.2, -0.15) is 26.3 Å². The number of rotatable bonds is 6. The molecule has 0 fully saturated rings. The molecule has 0 aliphatic carbocycles. The Balaban J connectivity index is 1.69. The summed E-state index contributed by atoms with van der Waals surface area (Å²) in [5, 5.41) is 8.40. The van der Waals surface area contributed by atoms with E-state index >= 15 is 0 Å². The van der Waals surface area contributed by atoms with Gasteiger partial charge in [-0.05, 0) is 42.0 Å². The fourth-order valence-electron chi connectivity index (χ4n) is 4.38. The molecule has 0 saturated carbocycles. The molecule has 0 bridgehead atoms. The number of anilines is 1. The first kappa shape index (κ1) is 28.8. The minimum Gasteiger partial charge on any atom is -0.397 e. The van der Waals surface area contributed by atoms with Crippen molar-refractivity contribution < 1.29 is 31.1 Å². The van der Waals surface area contributed by atoms with E-state index in [1.165, 1.54) is 24.4 Å². The minimum atomic E-state index is -5.02. The fraction of sp³-hybridized carbons (Fsp3) is 0.103. The molecule has 0 atom stereocenters. The van der Waals surface area contributed by atoms with Crippen LogP contribution in [0.3, 0.4) is 0 Å². The van der Waals surface area contributed by atoms with Crippen LogP contribution in [0.2, 0.25) is 5.02 Å². The average Bonchev–Trinajstić information content (AvgIpc) is 3.35. The van der Waals surface area contributed by atoms with Gasteiger partial charge < -0.3 is 5.73 Å². The van der Waals surface area contributed by atoms with Gasteiger partial charge in [-0.3, -0.25) is 9.78 Å². The molecule has 0 spiro atoms. The molecular weight excluding hydrogens is 584 g/mol. The molecule has 0 aliphatic heterocycles. The highest BCUT2D eigenvalue weighted by molar-refractivity contribution is 6.35. The number of nitrogens with zero attached hydrogens (tertiary/aromatic N) is 4. The largest absolute Gasteiger partial charge is 0.416 e. The van der Waals surface area contributed by atoms with Crippen molar-refractivity contribution in [2.45, 2.75) is 18.9 Å². The van der Waals surface area contributed by atoms with Gasteiger partial charge in [-0.1, -0.05) is 59.3 Å². The summed E-state index contributed by atoms with van der Waals surface area (Å²) in [6.07, 6.45) is -8.75. The quantitative estimate of drug-likeness (QED) is 0.160. The zero-order valence-corrected chi connectivity index (χ0v) is 22.0. The Labute approximate surface area is 239 Å². The lowest BCUT2D eigenvalue weighted by atomic mass is 9.98. The van der Waals surface area contributed by atoms with E-state index in [9.17, 15) is 31.1 Å². The second-order valence-electron chi connectivity index (χ2n) is 9.20. The zero-order valence-electron chi connectivity index (χ0n) is 21.2. The van der Waals surface area contributed by atoms with Crippen LogP contribution in [0, 0.1) is 0 Å². The van der Waals surface area contributed by atoms with E-state index in [1.807, 2.05) is 0 Å². The van der Waals surface area contributed by atoms with Crippen LogP contribution in [-0.4, -0.2) is 25.8 Å². The van der Waals surface area contributed by atoms with E-state index in [0.717, 1.165) is 4.68 Å². The van der Waals surface area contributed by atoms with E-state index in [2.05, 4.69) is 15.3 Å². The topological polar surface area (TPSA) is 86.7 Å². The van der Waals surface area contributed by atoms with Crippen molar-refractivity contribution in [2.24, 2.45) is 0 Å². The molecule has 0 unspecified atom stereocenters. The molecule has 42 heavy (non-hydrogen) atoms. The van der Waals surface area contributed by atoms with Crippen LogP contribution in [0.15, 0.2) is 85.1 Å². The van der Waals surface area contributed by atoms with Crippen molar-refractivity contribution in [3.63, 3.8) is 0 Å². The number of hydrogen-bond donors (Lipinski definition) is 1. The summed E-state index contributed by atoms with van der Waals surface area (Å²) in [4.78, 5) is 17.9. The maximum atomic E-state index is 13.6. The van der Waals surface area contributed by atoms with Crippen molar-refractivity contribution in [3.05, 3.63) is 118 Å². The number of alkyl halides is 6. The number of nitrogens with two attached hydrogens (primary N) is 1. The summed E-state index contributed by atoms with van der Waals surface area (Å²) in [7, 11) is 0. The van der Waals surface area contributed by atoms with E-state index in [4.69, 9.17) is 17.3 Å². The normalized spacial score (nSPS) is 12.0. The molecule has 6 nitrogen and oxygen atoms in total. The fourth-order valence-corrected chi connectivity index (χ4v) is 4.60. The van der Waals surface area contributed by atoms with Crippen LogP contribution in [0.4, 0.5) is 32.0 Å². The minimum absolute atomic E-state index is 0.0192. The number of hydrogen-bond acceptors (Lipinski definition) is 5. The molecule has 0 aliphatic rings. The Hall–Kier alpha value is -4.71. The Kier molecular flexibility index (Phi) is 7.50. The standard InChI is InChI=1S/C29H18ClF6N5O/c30-23-9-5-4-8-21(23)27(42)22-13-20(37)14-38-24(22)25-26(17-6-2-1-3-7-17)41(40-39-25)15-16-10-18(28(31,32)33)12-19(11-16)29(34,35)36/h1-14H,15,37H2.